The van der Waals surface area contributed by atoms with Gasteiger partial charge in [0.05, 0.1) is 0 Å². The zero-order valence-electron chi connectivity index (χ0n) is 7.10. The first kappa shape index (κ1) is 8.78. The predicted octanol–water partition coefficient (Wildman–Crippen LogP) is 2.55. The molecule has 68 valence electrons. The van der Waals surface area contributed by atoms with Crippen LogP contribution in [0.2, 0.25) is 0 Å². The van der Waals surface area contributed by atoms with E-state index >= 15 is 0 Å². The van der Waals surface area contributed by atoms with E-state index in [1.54, 1.807) is 0 Å². The van der Waals surface area contributed by atoms with E-state index in [-0.39, 0.29) is 10.9 Å². The van der Waals surface area contributed by atoms with Crippen LogP contribution in [0.1, 0.15) is 5.56 Å². The minimum atomic E-state index is -0.243. The Labute approximate surface area is 86.2 Å². The van der Waals surface area contributed by atoms with Crippen molar-refractivity contribution < 1.29 is 0 Å². The van der Waals surface area contributed by atoms with Crippen molar-refractivity contribution >= 4 is 27.4 Å². The van der Waals surface area contributed by atoms with Crippen molar-refractivity contribution in [1.29, 1.82) is 0 Å². The van der Waals surface area contributed by atoms with Crippen molar-refractivity contribution in [2.45, 2.75) is 5.75 Å². The number of benzene rings is 1. The number of thiol groups is 1. The second kappa shape index (κ2) is 3.94. The molecular weight excluding hydrogens is 198 g/mol. The Hall–Kier alpha value is -0.800. The van der Waals surface area contributed by atoms with Crippen molar-refractivity contribution in [2.24, 2.45) is 0 Å². The molecule has 1 nitrogen and oxygen atoms in total. The maximum Gasteiger partial charge on any atom is 0.121 e. The lowest BCUT2D eigenvalue weighted by atomic mass is 10.2. The molecule has 13 heavy (non-hydrogen) atoms. The molecule has 0 aromatic heterocycles. The van der Waals surface area contributed by atoms with Gasteiger partial charge in [-0.15, -0.1) is 0 Å². The van der Waals surface area contributed by atoms with Gasteiger partial charge < -0.3 is 5.32 Å². The van der Waals surface area contributed by atoms with Crippen molar-refractivity contribution in [3.05, 3.63) is 47.5 Å². The molecule has 0 radical (unpaired) electrons. The Morgan fingerprint density at radius 1 is 1.23 bits per heavy atom. The average molecular weight is 209 g/mol. The Balaban J connectivity index is 2.06. The van der Waals surface area contributed by atoms with Crippen molar-refractivity contribution in [2.75, 3.05) is 0 Å². The highest BCUT2D eigenvalue weighted by Gasteiger charge is 2.10. The first-order valence-electron chi connectivity index (χ1n) is 4.14. The van der Waals surface area contributed by atoms with Crippen LogP contribution in [-0.4, -0.2) is 4.32 Å². The highest BCUT2D eigenvalue weighted by atomic mass is 32.2. The summed E-state index contributed by atoms with van der Waals surface area (Å²) in [5.74, 6) is 1.07. The van der Waals surface area contributed by atoms with Crippen molar-refractivity contribution in [1.82, 2.24) is 5.32 Å². The molecule has 1 unspecified atom stereocenters. The zero-order valence-corrected chi connectivity index (χ0v) is 8.81. The summed E-state index contributed by atoms with van der Waals surface area (Å²) < 4.78 is 0.999. The van der Waals surface area contributed by atoms with E-state index in [9.17, 15) is 0 Å². The normalized spacial score (nSPS) is 23.1. The Kier molecular flexibility index (Phi) is 2.66. The lowest BCUT2D eigenvalue weighted by Crippen LogP contribution is -2.07. The van der Waals surface area contributed by atoms with Gasteiger partial charge in [0.25, 0.3) is 0 Å². The first-order chi connectivity index (χ1) is 6.36. The highest BCUT2D eigenvalue weighted by Crippen LogP contribution is 2.35. The standard InChI is InChI=1S/C10H11NS2/c12-10-11-6-7-13(10)8-9-4-2-1-3-5-9/h1-7,13H,8H2,(H,11,12). The maximum atomic E-state index is 5.19. The van der Waals surface area contributed by atoms with Gasteiger partial charge in [0.1, 0.15) is 4.32 Å². The monoisotopic (exact) mass is 209 g/mol. The summed E-state index contributed by atoms with van der Waals surface area (Å²) in [6.45, 7) is 0. The number of nitrogens with one attached hydrogen (secondary N) is 1. The molecule has 2 rings (SSSR count). The first-order valence-corrected chi connectivity index (χ1v) is 6.14. The van der Waals surface area contributed by atoms with E-state index in [0.29, 0.717) is 0 Å². The van der Waals surface area contributed by atoms with Crippen LogP contribution in [0.3, 0.4) is 0 Å². The lowest BCUT2D eigenvalue weighted by molar-refractivity contribution is 1.37. The van der Waals surface area contributed by atoms with Gasteiger partial charge in [-0.1, -0.05) is 42.5 Å². The van der Waals surface area contributed by atoms with E-state index in [1.807, 2.05) is 12.3 Å². The van der Waals surface area contributed by atoms with Gasteiger partial charge in [-0.25, -0.2) is 0 Å². The molecule has 1 aromatic rings. The van der Waals surface area contributed by atoms with Crippen molar-refractivity contribution in [3.63, 3.8) is 0 Å². The smallest absolute Gasteiger partial charge is 0.121 e. The fraction of sp³-hybridized carbons (Fsp3) is 0.100. The van der Waals surface area contributed by atoms with Gasteiger partial charge in [0.15, 0.2) is 0 Å². The predicted molar refractivity (Wildman–Crippen MR) is 64.0 cm³/mol. The van der Waals surface area contributed by atoms with Gasteiger partial charge in [-0.3, -0.25) is 0 Å². The van der Waals surface area contributed by atoms with E-state index in [4.69, 9.17) is 12.2 Å². The molecule has 1 atom stereocenters. The second-order valence-corrected chi connectivity index (χ2v) is 5.59. The lowest BCUT2D eigenvalue weighted by Gasteiger charge is -2.12. The fourth-order valence-corrected chi connectivity index (χ4v) is 3.18. The minimum absolute atomic E-state index is 0.243. The van der Waals surface area contributed by atoms with Crippen LogP contribution in [0.4, 0.5) is 0 Å². The largest absolute Gasteiger partial charge is 0.348 e. The van der Waals surface area contributed by atoms with Crippen LogP contribution in [0.15, 0.2) is 41.9 Å². The second-order valence-electron chi connectivity index (χ2n) is 2.88. The summed E-state index contributed by atoms with van der Waals surface area (Å²) in [6, 6.07) is 10.5. The van der Waals surface area contributed by atoms with E-state index in [2.05, 4.69) is 35.0 Å². The molecule has 3 heteroatoms. The third-order valence-electron chi connectivity index (χ3n) is 1.92. The molecule has 1 heterocycles. The van der Waals surface area contributed by atoms with Crippen LogP contribution in [0.5, 0.6) is 0 Å². The summed E-state index contributed by atoms with van der Waals surface area (Å²) >= 11 is 5.19. The molecule has 0 aliphatic carbocycles. The average Bonchev–Trinajstić information content (AvgIpc) is 2.54. The van der Waals surface area contributed by atoms with Crippen LogP contribution in [-0.2, 0) is 5.75 Å². The number of hydrogen-bond acceptors (Lipinski definition) is 1. The van der Waals surface area contributed by atoms with E-state index in [0.717, 1.165) is 10.1 Å². The number of rotatable bonds is 2. The molecule has 0 amide bonds. The number of hydrogen-bond donors (Lipinski definition) is 2. The van der Waals surface area contributed by atoms with Gasteiger partial charge >= 0.3 is 0 Å². The Morgan fingerprint density at radius 2 is 2.00 bits per heavy atom. The van der Waals surface area contributed by atoms with Crippen LogP contribution >= 0.6 is 23.1 Å². The van der Waals surface area contributed by atoms with Crippen LogP contribution in [0.25, 0.3) is 0 Å². The van der Waals surface area contributed by atoms with E-state index < -0.39 is 0 Å². The van der Waals surface area contributed by atoms with E-state index in [1.165, 1.54) is 5.56 Å². The maximum absolute atomic E-state index is 5.19. The summed E-state index contributed by atoms with van der Waals surface area (Å²) in [5, 5.41) is 5.25. The van der Waals surface area contributed by atoms with Gasteiger partial charge in [-0.2, -0.15) is 10.9 Å². The minimum Gasteiger partial charge on any atom is -0.348 e. The Morgan fingerprint density at radius 3 is 2.62 bits per heavy atom. The fourth-order valence-electron chi connectivity index (χ4n) is 1.25. The molecule has 0 saturated heterocycles. The number of thiocarbonyl (C=S) groups is 1. The van der Waals surface area contributed by atoms with Crippen LogP contribution < -0.4 is 5.32 Å². The molecular formula is C10H11NS2. The molecule has 1 N–H and O–H groups in total. The zero-order chi connectivity index (χ0) is 9.10. The third kappa shape index (κ3) is 2.11. The van der Waals surface area contributed by atoms with Gasteiger partial charge in [0, 0.05) is 12.0 Å². The summed E-state index contributed by atoms with van der Waals surface area (Å²) in [4.78, 5) is 0. The molecule has 1 aliphatic rings. The Bertz CT molecular complexity index is 332. The van der Waals surface area contributed by atoms with Gasteiger partial charge in [0.2, 0.25) is 0 Å². The van der Waals surface area contributed by atoms with Crippen molar-refractivity contribution in [3.8, 4) is 0 Å². The summed E-state index contributed by atoms with van der Waals surface area (Å²) in [7, 11) is -0.243. The van der Waals surface area contributed by atoms with Crippen LogP contribution in [0, 0.1) is 0 Å². The highest BCUT2D eigenvalue weighted by molar-refractivity contribution is 8.37. The molecule has 0 bridgehead atoms. The topological polar surface area (TPSA) is 12.0 Å². The summed E-state index contributed by atoms with van der Waals surface area (Å²) in [6.07, 6.45) is 1.96. The van der Waals surface area contributed by atoms with Gasteiger partial charge in [-0.05, 0) is 11.0 Å². The molecule has 0 spiro atoms. The third-order valence-corrected chi connectivity index (χ3v) is 4.60. The summed E-state index contributed by atoms with van der Waals surface area (Å²) in [5.41, 5.74) is 1.37. The molecule has 0 fully saturated rings. The quantitative estimate of drug-likeness (QED) is 0.573. The molecule has 1 aliphatic heterocycles. The molecule has 0 saturated carbocycles. The molecule has 1 aromatic carbocycles. The SMILES string of the molecule is S=C1NC=C[SH]1Cc1ccccc1.